The summed E-state index contributed by atoms with van der Waals surface area (Å²) in [6, 6.07) is 11.3. The zero-order valence-corrected chi connectivity index (χ0v) is 14.9. The van der Waals surface area contributed by atoms with Gasteiger partial charge in [-0.15, -0.1) is 10.2 Å². The SMILES string of the molecule is COc1cccc(Nc2nnc(SCC(=O)c3cccn3C)s2)c1. The van der Waals surface area contributed by atoms with Gasteiger partial charge in [-0.3, -0.25) is 4.79 Å². The fraction of sp³-hybridized carbons (Fsp3) is 0.188. The number of anilines is 2. The Morgan fingerprint density at radius 2 is 2.21 bits per heavy atom. The van der Waals surface area contributed by atoms with E-state index in [0.717, 1.165) is 15.8 Å². The number of aryl methyl sites for hydroxylation is 1. The van der Waals surface area contributed by atoms with Crippen LogP contribution in [0.3, 0.4) is 0 Å². The van der Waals surface area contributed by atoms with Gasteiger partial charge in [-0.25, -0.2) is 0 Å². The van der Waals surface area contributed by atoms with Crippen molar-refractivity contribution in [2.75, 3.05) is 18.2 Å². The Labute approximate surface area is 147 Å². The van der Waals surface area contributed by atoms with Crippen LogP contribution in [0.15, 0.2) is 46.9 Å². The molecule has 0 atom stereocenters. The van der Waals surface area contributed by atoms with Gasteiger partial charge in [0, 0.05) is 25.0 Å². The average Bonchev–Trinajstić information content (AvgIpc) is 3.22. The molecular weight excluding hydrogens is 344 g/mol. The number of carbonyl (C=O) groups excluding carboxylic acids is 1. The van der Waals surface area contributed by atoms with Gasteiger partial charge in [-0.1, -0.05) is 29.2 Å². The molecule has 2 heterocycles. The molecule has 0 bridgehead atoms. The fourth-order valence-electron chi connectivity index (χ4n) is 2.09. The second-order valence-corrected chi connectivity index (χ2v) is 7.15. The number of carbonyl (C=O) groups is 1. The average molecular weight is 360 g/mol. The molecule has 0 aliphatic heterocycles. The molecule has 0 amide bonds. The first-order chi connectivity index (χ1) is 11.7. The van der Waals surface area contributed by atoms with E-state index in [1.165, 1.54) is 23.1 Å². The molecule has 0 unspecified atom stereocenters. The number of nitrogens with zero attached hydrogens (tertiary/aromatic N) is 3. The number of hydrogen-bond donors (Lipinski definition) is 1. The second-order valence-electron chi connectivity index (χ2n) is 4.95. The standard InChI is InChI=1S/C16H16N4O2S2/c1-20-8-4-7-13(20)14(21)10-23-16-19-18-15(24-16)17-11-5-3-6-12(9-11)22-2/h3-9H,10H2,1-2H3,(H,17,18). The van der Waals surface area contributed by atoms with Gasteiger partial charge in [0.1, 0.15) is 5.75 Å². The summed E-state index contributed by atoms with van der Waals surface area (Å²) in [5.74, 6) is 1.18. The molecule has 2 aromatic heterocycles. The Morgan fingerprint density at radius 1 is 1.33 bits per heavy atom. The van der Waals surface area contributed by atoms with Crippen LogP contribution in [-0.2, 0) is 7.05 Å². The van der Waals surface area contributed by atoms with Crippen LogP contribution in [-0.4, -0.2) is 33.4 Å². The molecule has 0 spiro atoms. The highest BCUT2D eigenvalue weighted by molar-refractivity contribution is 8.01. The van der Waals surface area contributed by atoms with Gasteiger partial charge in [0.15, 0.2) is 10.1 Å². The topological polar surface area (TPSA) is 69.0 Å². The lowest BCUT2D eigenvalue weighted by Crippen LogP contribution is -2.07. The molecule has 0 radical (unpaired) electrons. The van der Waals surface area contributed by atoms with E-state index in [9.17, 15) is 4.79 Å². The molecule has 3 rings (SSSR count). The van der Waals surface area contributed by atoms with Crippen molar-refractivity contribution in [2.45, 2.75) is 4.34 Å². The van der Waals surface area contributed by atoms with E-state index < -0.39 is 0 Å². The second kappa shape index (κ2) is 7.50. The predicted octanol–water partition coefficient (Wildman–Crippen LogP) is 3.60. The van der Waals surface area contributed by atoms with E-state index in [4.69, 9.17) is 4.74 Å². The maximum atomic E-state index is 12.2. The molecule has 0 aliphatic carbocycles. The number of rotatable bonds is 7. The molecule has 0 aliphatic rings. The maximum Gasteiger partial charge on any atom is 0.210 e. The number of Topliss-reactive ketones (excluding diaryl/α,β-unsaturated/α-hetero) is 1. The minimum atomic E-state index is 0.0741. The third kappa shape index (κ3) is 3.95. The molecule has 24 heavy (non-hydrogen) atoms. The first kappa shape index (κ1) is 16.5. The molecule has 8 heteroatoms. The molecule has 124 valence electrons. The van der Waals surface area contributed by atoms with Crippen molar-refractivity contribution >= 4 is 39.7 Å². The largest absolute Gasteiger partial charge is 0.497 e. The Morgan fingerprint density at radius 3 is 2.96 bits per heavy atom. The molecule has 3 aromatic rings. The van der Waals surface area contributed by atoms with E-state index >= 15 is 0 Å². The van der Waals surface area contributed by atoms with Gasteiger partial charge in [0.2, 0.25) is 5.13 Å². The van der Waals surface area contributed by atoms with Crippen molar-refractivity contribution in [3.05, 3.63) is 48.3 Å². The smallest absolute Gasteiger partial charge is 0.210 e. The minimum absolute atomic E-state index is 0.0741. The Balaban J connectivity index is 1.59. The Kier molecular flexibility index (Phi) is 5.17. The number of hydrogen-bond acceptors (Lipinski definition) is 7. The molecule has 0 fully saturated rings. The summed E-state index contributed by atoms with van der Waals surface area (Å²) >= 11 is 2.81. The van der Waals surface area contributed by atoms with Crippen molar-refractivity contribution in [1.82, 2.24) is 14.8 Å². The predicted molar refractivity (Wildman–Crippen MR) is 96.7 cm³/mol. The lowest BCUT2D eigenvalue weighted by Gasteiger charge is -2.04. The van der Waals surface area contributed by atoms with Gasteiger partial charge in [-0.05, 0) is 24.3 Å². The summed E-state index contributed by atoms with van der Waals surface area (Å²) in [6.07, 6.45) is 1.86. The summed E-state index contributed by atoms with van der Waals surface area (Å²) in [7, 11) is 3.49. The zero-order chi connectivity index (χ0) is 16.9. The maximum absolute atomic E-state index is 12.2. The van der Waals surface area contributed by atoms with Crippen molar-refractivity contribution < 1.29 is 9.53 Å². The van der Waals surface area contributed by atoms with Crippen LogP contribution in [0.25, 0.3) is 0 Å². The lowest BCUT2D eigenvalue weighted by atomic mass is 10.3. The monoisotopic (exact) mass is 360 g/mol. The van der Waals surface area contributed by atoms with Crippen LogP contribution in [0, 0.1) is 0 Å². The van der Waals surface area contributed by atoms with Gasteiger partial charge in [-0.2, -0.15) is 0 Å². The highest BCUT2D eigenvalue weighted by atomic mass is 32.2. The van der Waals surface area contributed by atoms with Crippen molar-refractivity contribution in [1.29, 1.82) is 0 Å². The summed E-state index contributed by atoms with van der Waals surface area (Å²) < 4.78 is 7.76. The number of benzene rings is 1. The first-order valence-corrected chi connectivity index (χ1v) is 8.98. The Hall–Kier alpha value is -2.32. The number of ketones is 1. The number of aromatic nitrogens is 3. The normalized spacial score (nSPS) is 10.6. The van der Waals surface area contributed by atoms with Gasteiger partial charge < -0.3 is 14.6 Å². The number of nitrogens with one attached hydrogen (secondary N) is 1. The van der Waals surface area contributed by atoms with E-state index in [0.29, 0.717) is 16.6 Å². The lowest BCUT2D eigenvalue weighted by molar-refractivity contribution is 0.101. The molecule has 1 N–H and O–H groups in total. The van der Waals surface area contributed by atoms with Crippen LogP contribution in [0.4, 0.5) is 10.8 Å². The molecular formula is C16H16N4O2S2. The minimum Gasteiger partial charge on any atom is -0.497 e. The third-order valence-corrected chi connectivity index (χ3v) is 5.26. The zero-order valence-electron chi connectivity index (χ0n) is 13.2. The third-order valence-electron chi connectivity index (χ3n) is 3.28. The van der Waals surface area contributed by atoms with Crippen LogP contribution in [0.2, 0.25) is 0 Å². The number of methoxy groups -OCH3 is 1. The van der Waals surface area contributed by atoms with E-state index in [-0.39, 0.29) is 5.78 Å². The molecule has 1 aromatic carbocycles. The highest BCUT2D eigenvalue weighted by Gasteiger charge is 2.12. The van der Waals surface area contributed by atoms with Crippen LogP contribution in [0.1, 0.15) is 10.5 Å². The van der Waals surface area contributed by atoms with Crippen LogP contribution < -0.4 is 10.1 Å². The first-order valence-electron chi connectivity index (χ1n) is 7.17. The van der Waals surface area contributed by atoms with Gasteiger partial charge in [0.25, 0.3) is 0 Å². The summed E-state index contributed by atoms with van der Waals surface area (Å²) in [5.41, 5.74) is 1.57. The van der Waals surface area contributed by atoms with E-state index in [1.807, 2.05) is 54.2 Å². The number of thioether (sulfide) groups is 1. The van der Waals surface area contributed by atoms with E-state index in [2.05, 4.69) is 15.5 Å². The van der Waals surface area contributed by atoms with Crippen LogP contribution >= 0.6 is 23.1 Å². The molecule has 0 saturated carbocycles. The summed E-state index contributed by atoms with van der Waals surface area (Å²) in [6.45, 7) is 0. The van der Waals surface area contributed by atoms with E-state index in [1.54, 1.807) is 7.11 Å². The Bertz CT molecular complexity index is 844. The quantitative estimate of drug-likeness (QED) is 0.513. The summed E-state index contributed by atoms with van der Waals surface area (Å²) in [5, 5.41) is 12.1. The number of ether oxygens (including phenoxy) is 1. The molecule has 6 nitrogen and oxygen atoms in total. The van der Waals surface area contributed by atoms with Crippen molar-refractivity contribution in [3.63, 3.8) is 0 Å². The summed E-state index contributed by atoms with van der Waals surface area (Å²) in [4.78, 5) is 12.2. The van der Waals surface area contributed by atoms with Gasteiger partial charge >= 0.3 is 0 Å². The van der Waals surface area contributed by atoms with Crippen LogP contribution in [0.5, 0.6) is 5.75 Å². The molecule has 0 saturated heterocycles. The highest BCUT2D eigenvalue weighted by Crippen LogP contribution is 2.29. The fourth-order valence-corrected chi connectivity index (χ4v) is 3.74. The van der Waals surface area contributed by atoms with Gasteiger partial charge in [0.05, 0.1) is 18.6 Å². The van der Waals surface area contributed by atoms with Crippen molar-refractivity contribution in [2.24, 2.45) is 7.05 Å². The van der Waals surface area contributed by atoms with Crippen molar-refractivity contribution in [3.8, 4) is 5.75 Å².